The summed E-state index contributed by atoms with van der Waals surface area (Å²) in [6, 6.07) is 1.29. The number of hydrogen-bond acceptors (Lipinski definition) is 6. The van der Waals surface area contributed by atoms with Crippen molar-refractivity contribution < 1.29 is 25.1 Å². The molecule has 4 N–H and O–H groups in total. The van der Waals surface area contributed by atoms with Crippen molar-refractivity contribution in [1.82, 2.24) is 5.48 Å². The molecule has 0 fully saturated rings. The molecule has 0 aromatic heterocycles. The highest BCUT2D eigenvalue weighted by Gasteiger charge is 2.20. The fraction of sp³-hybridized carbons (Fsp3) is 0. The number of rotatable bonds is 2. The van der Waals surface area contributed by atoms with Crippen molar-refractivity contribution in [2.24, 2.45) is 0 Å². The normalized spacial score (nSPS) is 9.67. The van der Waals surface area contributed by atoms with Crippen molar-refractivity contribution in [3.05, 3.63) is 27.8 Å². The summed E-state index contributed by atoms with van der Waals surface area (Å²) < 4.78 is 0. The molecule has 8 heteroatoms. The Balaban J connectivity index is 3.36. The van der Waals surface area contributed by atoms with Crippen LogP contribution < -0.4 is 5.48 Å². The van der Waals surface area contributed by atoms with E-state index in [-0.39, 0.29) is 0 Å². The molecule has 0 radical (unpaired) electrons. The van der Waals surface area contributed by atoms with Crippen LogP contribution in [0.5, 0.6) is 11.5 Å². The number of amides is 1. The van der Waals surface area contributed by atoms with Crippen LogP contribution in [-0.2, 0) is 0 Å². The maximum absolute atomic E-state index is 10.9. The lowest BCUT2D eigenvalue weighted by Crippen LogP contribution is -2.18. The number of hydroxylamine groups is 1. The van der Waals surface area contributed by atoms with Crippen LogP contribution in [0.1, 0.15) is 10.4 Å². The topological polar surface area (TPSA) is 133 Å². The minimum atomic E-state index is -1.12. The summed E-state index contributed by atoms with van der Waals surface area (Å²) in [5.41, 5.74) is -0.0516. The SMILES string of the molecule is O=C(NO)c1cc([N+](=O)[O-])c(O)cc1O. The summed E-state index contributed by atoms with van der Waals surface area (Å²) in [5, 5.41) is 36.8. The minimum Gasteiger partial charge on any atom is -0.507 e. The number of carbonyl (C=O) groups excluding carboxylic acids is 1. The van der Waals surface area contributed by atoms with Gasteiger partial charge in [-0.3, -0.25) is 20.1 Å². The van der Waals surface area contributed by atoms with Crippen LogP contribution in [0.2, 0.25) is 0 Å². The number of aromatic hydroxyl groups is 2. The van der Waals surface area contributed by atoms with E-state index in [1.54, 1.807) is 0 Å². The molecule has 0 unspecified atom stereocenters. The first-order valence-corrected chi connectivity index (χ1v) is 3.62. The van der Waals surface area contributed by atoms with E-state index < -0.39 is 33.6 Å². The van der Waals surface area contributed by atoms with Crippen molar-refractivity contribution >= 4 is 11.6 Å². The standard InChI is InChI=1S/C7H6N2O6/c10-5-2-6(11)4(9(14)15)1-3(5)7(12)8-13/h1-2,10-11,13H,(H,8,12). The molecule has 1 amide bonds. The average Bonchev–Trinajstić information content (AvgIpc) is 2.16. The molecule has 0 spiro atoms. The van der Waals surface area contributed by atoms with Gasteiger partial charge in [-0.1, -0.05) is 0 Å². The summed E-state index contributed by atoms with van der Waals surface area (Å²) >= 11 is 0. The lowest BCUT2D eigenvalue weighted by Gasteiger charge is -2.03. The summed E-state index contributed by atoms with van der Waals surface area (Å²) in [5.74, 6) is -2.56. The van der Waals surface area contributed by atoms with Gasteiger partial charge < -0.3 is 10.2 Å². The fourth-order valence-corrected chi connectivity index (χ4v) is 0.954. The van der Waals surface area contributed by atoms with Crippen molar-refractivity contribution in [3.63, 3.8) is 0 Å². The average molecular weight is 214 g/mol. The third-order valence-electron chi connectivity index (χ3n) is 1.64. The molecule has 0 atom stereocenters. The molecular weight excluding hydrogens is 208 g/mol. The predicted molar refractivity (Wildman–Crippen MR) is 45.7 cm³/mol. The summed E-state index contributed by atoms with van der Waals surface area (Å²) in [4.78, 5) is 20.3. The Kier molecular flexibility index (Phi) is 2.72. The highest BCUT2D eigenvalue weighted by atomic mass is 16.6. The third-order valence-corrected chi connectivity index (χ3v) is 1.64. The smallest absolute Gasteiger partial charge is 0.311 e. The molecular formula is C7H6N2O6. The van der Waals surface area contributed by atoms with Crippen LogP contribution in [0.15, 0.2) is 12.1 Å². The number of benzene rings is 1. The second-order valence-electron chi connectivity index (χ2n) is 2.56. The first-order valence-electron chi connectivity index (χ1n) is 3.62. The Morgan fingerprint density at radius 1 is 1.33 bits per heavy atom. The third kappa shape index (κ3) is 1.94. The van der Waals surface area contributed by atoms with E-state index in [2.05, 4.69) is 0 Å². The van der Waals surface area contributed by atoms with Gasteiger partial charge >= 0.3 is 5.69 Å². The number of nitro groups is 1. The number of hydrogen-bond donors (Lipinski definition) is 4. The van der Waals surface area contributed by atoms with Gasteiger partial charge in [-0.25, -0.2) is 5.48 Å². The molecule has 1 aromatic carbocycles. The molecule has 0 saturated carbocycles. The molecule has 0 aliphatic rings. The number of nitrogens with one attached hydrogen (secondary N) is 1. The number of phenolic OH excluding ortho intramolecular Hbond substituents is 2. The van der Waals surface area contributed by atoms with E-state index in [4.69, 9.17) is 15.4 Å². The number of nitro benzene ring substituents is 1. The molecule has 80 valence electrons. The predicted octanol–water partition coefficient (Wildman–Crippen LogP) is 0.125. The van der Waals surface area contributed by atoms with Crippen molar-refractivity contribution in [1.29, 1.82) is 0 Å². The van der Waals surface area contributed by atoms with Gasteiger partial charge in [-0.05, 0) is 0 Å². The van der Waals surface area contributed by atoms with Crippen LogP contribution >= 0.6 is 0 Å². The molecule has 0 bridgehead atoms. The molecule has 0 heterocycles. The van der Waals surface area contributed by atoms with E-state index in [9.17, 15) is 14.9 Å². The maximum atomic E-state index is 10.9. The molecule has 1 aromatic rings. The Hall–Kier alpha value is -2.35. The largest absolute Gasteiger partial charge is 0.507 e. The lowest BCUT2D eigenvalue weighted by atomic mass is 10.1. The highest BCUT2D eigenvalue weighted by Crippen LogP contribution is 2.32. The zero-order chi connectivity index (χ0) is 11.6. The Bertz CT molecular complexity index is 430. The maximum Gasteiger partial charge on any atom is 0.311 e. The van der Waals surface area contributed by atoms with Gasteiger partial charge in [0.05, 0.1) is 10.5 Å². The van der Waals surface area contributed by atoms with E-state index in [0.717, 1.165) is 0 Å². The second kappa shape index (κ2) is 3.80. The molecule has 8 nitrogen and oxygen atoms in total. The first-order chi connectivity index (χ1) is 6.97. The summed E-state index contributed by atoms with van der Waals surface area (Å²) in [6.07, 6.45) is 0. The lowest BCUT2D eigenvalue weighted by molar-refractivity contribution is -0.385. The monoisotopic (exact) mass is 214 g/mol. The van der Waals surface area contributed by atoms with Crippen molar-refractivity contribution in [2.45, 2.75) is 0 Å². The first kappa shape index (κ1) is 10.7. The van der Waals surface area contributed by atoms with E-state index in [0.29, 0.717) is 12.1 Å². The molecule has 0 aliphatic heterocycles. The quantitative estimate of drug-likeness (QED) is 0.314. The van der Waals surface area contributed by atoms with Crippen LogP contribution in [0.25, 0.3) is 0 Å². The summed E-state index contributed by atoms with van der Waals surface area (Å²) in [6.45, 7) is 0. The molecule has 0 aliphatic carbocycles. The fourth-order valence-electron chi connectivity index (χ4n) is 0.954. The Labute approximate surface area is 82.5 Å². The van der Waals surface area contributed by atoms with Crippen LogP contribution in [0, 0.1) is 10.1 Å². The number of carbonyl (C=O) groups is 1. The van der Waals surface area contributed by atoms with Gasteiger partial charge in [-0.15, -0.1) is 0 Å². The van der Waals surface area contributed by atoms with Crippen molar-refractivity contribution in [3.8, 4) is 11.5 Å². The number of nitrogens with zero attached hydrogens (tertiary/aromatic N) is 1. The van der Waals surface area contributed by atoms with E-state index >= 15 is 0 Å². The van der Waals surface area contributed by atoms with E-state index in [1.165, 1.54) is 5.48 Å². The highest BCUT2D eigenvalue weighted by molar-refractivity contribution is 5.97. The van der Waals surface area contributed by atoms with Gasteiger partial charge in [-0.2, -0.15) is 0 Å². The summed E-state index contributed by atoms with van der Waals surface area (Å²) in [7, 11) is 0. The second-order valence-corrected chi connectivity index (χ2v) is 2.56. The van der Waals surface area contributed by atoms with Crippen molar-refractivity contribution in [2.75, 3.05) is 0 Å². The Morgan fingerprint density at radius 3 is 2.40 bits per heavy atom. The molecule has 1 rings (SSSR count). The zero-order valence-corrected chi connectivity index (χ0v) is 7.17. The minimum absolute atomic E-state index is 0.512. The van der Waals surface area contributed by atoms with Gasteiger partial charge in [0, 0.05) is 12.1 Å². The van der Waals surface area contributed by atoms with E-state index in [1.807, 2.05) is 0 Å². The number of phenols is 2. The molecule has 0 saturated heterocycles. The van der Waals surface area contributed by atoms with Gasteiger partial charge in [0.25, 0.3) is 5.91 Å². The Morgan fingerprint density at radius 2 is 1.93 bits per heavy atom. The molecule has 15 heavy (non-hydrogen) atoms. The van der Waals surface area contributed by atoms with Crippen LogP contribution in [-0.4, -0.2) is 26.3 Å². The van der Waals surface area contributed by atoms with Gasteiger partial charge in [0.15, 0.2) is 5.75 Å². The van der Waals surface area contributed by atoms with Crippen LogP contribution in [0.3, 0.4) is 0 Å². The van der Waals surface area contributed by atoms with Crippen LogP contribution in [0.4, 0.5) is 5.69 Å². The van der Waals surface area contributed by atoms with Gasteiger partial charge in [0.1, 0.15) is 5.75 Å². The van der Waals surface area contributed by atoms with Gasteiger partial charge in [0.2, 0.25) is 0 Å². The zero-order valence-electron chi connectivity index (χ0n) is 7.17.